The van der Waals surface area contributed by atoms with Crippen molar-refractivity contribution in [3.05, 3.63) is 77.9 Å². The summed E-state index contributed by atoms with van der Waals surface area (Å²) in [4.78, 5) is 27.9. The number of carbonyl (C=O) groups is 2. The first-order valence-electron chi connectivity index (χ1n) is 7.73. The first kappa shape index (κ1) is 13.9. The maximum absolute atomic E-state index is 13.1. The number of hydrogen-bond acceptors (Lipinski definition) is 3. The Balaban J connectivity index is 1.98. The number of ketones is 2. The van der Waals surface area contributed by atoms with Crippen molar-refractivity contribution in [2.75, 3.05) is 11.4 Å². The standard InChI is InChI=1S/C20H17NO2/c1-13-12-21(15-8-4-3-5-9-15)18-16-10-6-7-11-17(16)19(23)20(13,18)14(2)22/h3-11,18H,1,12H2,2H3/t18-,20+/m0/s1. The zero-order chi connectivity index (χ0) is 16.2. The van der Waals surface area contributed by atoms with Gasteiger partial charge in [0.05, 0.1) is 6.04 Å². The van der Waals surface area contributed by atoms with Crippen molar-refractivity contribution in [2.45, 2.75) is 13.0 Å². The van der Waals surface area contributed by atoms with Crippen LogP contribution in [0.5, 0.6) is 0 Å². The van der Waals surface area contributed by atoms with Gasteiger partial charge in [-0.1, -0.05) is 49.0 Å². The molecule has 0 radical (unpaired) electrons. The van der Waals surface area contributed by atoms with Gasteiger partial charge in [-0.15, -0.1) is 0 Å². The van der Waals surface area contributed by atoms with Crippen molar-refractivity contribution in [1.29, 1.82) is 0 Å². The maximum Gasteiger partial charge on any atom is 0.183 e. The SMILES string of the molecule is C=C1CN(c2ccccc2)[C@H]2c3ccccc3C(=O)[C@@]12C(C)=O. The first-order chi connectivity index (χ1) is 11.1. The molecule has 0 aromatic heterocycles. The van der Waals surface area contributed by atoms with E-state index in [1.807, 2.05) is 54.6 Å². The normalized spacial score (nSPS) is 25.4. The number of para-hydroxylation sites is 1. The molecule has 0 N–H and O–H groups in total. The summed E-state index contributed by atoms with van der Waals surface area (Å²) >= 11 is 0. The zero-order valence-electron chi connectivity index (χ0n) is 13.0. The second kappa shape index (κ2) is 4.66. The Kier molecular flexibility index (Phi) is 2.82. The molecule has 0 unspecified atom stereocenters. The predicted octanol–water partition coefficient (Wildman–Crippen LogP) is 3.58. The number of rotatable bonds is 2. The van der Waals surface area contributed by atoms with E-state index in [1.54, 1.807) is 0 Å². The molecule has 1 fully saturated rings. The number of carbonyl (C=O) groups excluding carboxylic acids is 2. The highest BCUT2D eigenvalue weighted by Crippen LogP contribution is 2.58. The van der Waals surface area contributed by atoms with Crippen LogP contribution in [0.4, 0.5) is 5.69 Å². The molecule has 0 saturated carbocycles. The van der Waals surface area contributed by atoms with E-state index < -0.39 is 5.41 Å². The van der Waals surface area contributed by atoms with Crippen molar-refractivity contribution in [3.8, 4) is 0 Å². The van der Waals surface area contributed by atoms with Crippen molar-refractivity contribution in [1.82, 2.24) is 0 Å². The third-order valence-corrected chi connectivity index (χ3v) is 5.14. The summed E-state index contributed by atoms with van der Waals surface area (Å²) in [5.41, 5.74) is 2.13. The number of Topliss-reactive ketones (excluding diaryl/α,β-unsaturated/α-hetero) is 2. The predicted molar refractivity (Wildman–Crippen MR) is 89.6 cm³/mol. The third kappa shape index (κ3) is 1.59. The molecular formula is C20H17NO2. The molecule has 0 amide bonds. The van der Waals surface area contributed by atoms with Crippen molar-refractivity contribution >= 4 is 17.3 Å². The lowest BCUT2D eigenvalue weighted by Gasteiger charge is -2.31. The molecule has 0 bridgehead atoms. The van der Waals surface area contributed by atoms with Crippen molar-refractivity contribution in [3.63, 3.8) is 0 Å². The number of anilines is 1. The highest BCUT2D eigenvalue weighted by Gasteiger charge is 2.63. The van der Waals surface area contributed by atoms with Gasteiger partial charge in [0.2, 0.25) is 0 Å². The van der Waals surface area contributed by atoms with Crippen LogP contribution < -0.4 is 4.90 Å². The van der Waals surface area contributed by atoms with Crippen LogP contribution in [0.15, 0.2) is 66.7 Å². The van der Waals surface area contributed by atoms with Gasteiger partial charge in [-0.2, -0.15) is 0 Å². The monoisotopic (exact) mass is 303 g/mol. The van der Waals surface area contributed by atoms with Gasteiger partial charge in [-0.05, 0) is 30.2 Å². The van der Waals surface area contributed by atoms with E-state index in [4.69, 9.17) is 0 Å². The summed E-state index contributed by atoms with van der Waals surface area (Å²) in [7, 11) is 0. The smallest absolute Gasteiger partial charge is 0.183 e. The Morgan fingerprint density at radius 1 is 1.13 bits per heavy atom. The van der Waals surface area contributed by atoms with Crippen LogP contribution in [0.3, 0.4) is 0 Å². The lowest BCUT2D eigenvalue weighted by Crippen LogP contribution is -2.39. The van der Waals surface area contributed by atoms with E-state index >= 15 is 0 Å². The molecule has 1 aliphatic carbocycles. The molecule has 4 rings (SSSR count). The van der Waals surface area contributed by atoms with Gasteiger partial charge in [-0.3, -0.25) is 9.59 Å². The highest BCUT2D eigenvalue weighted by molar-refractivity contribution is 6.21. The van der Waals surface area contributed by atoms with Gasteiger partial charge in [0, 0.05) is 17.8 Å². The summed E-state index contributed by atoms with van der Waals surface area (Å²) in [6.07, 6.45) is 0. The molecule has 3 nitrogen and oxygen atoms in total. The first-order valence-corrected chi connectivity index (χ1v) is 7.73. The zero-order valence-corrected chi connectivity index (χ0v) is 13.0. The Bertz CT molecular complexity index is 840. The molecule has 2 aliphatic rings. The minimum Gasteiger partial charge on any atom is -0.359 e. The summed E-state index contributed by atoms with van der Waals surface area (Å²) in [5.74, 6) is -0.221. The molecule has 114 valence electrons. The molecule has 1 heterocycles. The fraction of sp³-hybridized carbons (Fsp3) is 0.200. The van der Waals surface area contributed by atoms with E-state index in [1.165, 1.54) is 6.92 Å². The second-order valence-electron chi connectivity index (χ2n) is 6.25. The second-order valence-corrected chi connectivity index (χ2v) is 6.25. The van der Waals surface area contributed by atoms with Gasteiger partial charge in [0.25, 0.3) is 0 Å². The van der Waals surface area contributed by atoms with E-state index in [-0.39, 0.29) is 17.6 Å². The number of benzene rings is 2. The Morgan fingerprint density at radius 3 is 2.48 bits per heavy atom. The fourth-order valence-electron chi connectivity index (χ4n) is 4.15. The number of fused-ring (bicyclic) bond motifs is 3. The topological polar surface area (TPSA) is 37.4 Å². The van der Waals surface area contributed by atoms with Crippen LogP contribution in [0.25, 0.3) is 0 Å². The van der Waals surface area contributed by atoms with Crippen LogP contribution in [0, 0.1) is 5.41 Å². The van der Waals surface area contributed by atoms with Gasteiger partial charge < -0.3 is 4.90 Å². The highest BCUT2D eigenvalue weighted by atomic mass is 16.2. The van der Waals surface area contributed by atoms with Crippen LogP contribution in [-0.2, 0) is 4.79 Å². The van der Waals surface area contributed by atoms with E-state index in [2.05, 4.69) is 11.5 Å². The van der Waals surface area contributed by atoms with Crippen molar-refractivity contribution in [2.24, 2.45) is 5.41 Å². The summed E-state index contributed by atoms with van der Waals surface area (Å²) < 4.78 is 0. The minimum absolute atomic E-state index is 0.103. The summed E-state index contributed by atoms with van der Waals surface area (Å²) in [6.45, 7) is 6.15. The molecule has 2 aromatic carbocycles. The average molecular weight is 303 g/mol. The van der Waals surface area contributed by atoms with Gasteiger partial charge in [-0.25, -0.2) is 0 Å². The summed E-state index contributed by atoms with van der Waals surface area (Å²) in [5, 5.41) is 0. The fourth-order valence-corrected chi connectivity index (χ4v) is 4.15. The van der Waals surface area contributed by atoms with Gasteiger partial charge in [0.15, 0.2) is 5.78 Å². The molecule has 1 saturated heterocycles. The average Bonchev–Trinajstić information content (AvgIpc) is 3.02. The Morgan fingerprint density at radius 2 is 1.78 bits per heavy atom. The molecule has 3 heteroatoms. The maximum atomic E-state index is 13.1. The molecule has 2 aromatic rings. The van der Waals surface area contributed by atoms with Crippen LogP contribution in [0.1, 0.15) is 28.9 Å². The molecule has 2 atom stereocenters. The number of hydrogen-bond donors (Lipinski definition) is 0. The lowest BCUT2D eigenvalue weighted by molar-refractivity contribution is -0.122. The van der Waals surface area contributed by atoms with Crippen LogP contribution in [0.2, 0.25) is 0 Å². The third-order valence-electron chi connectivity index (χ3n) is 5.14. The van der Waals surface area contributed by atoms with Crippen molar-refractivity contribution < 1.29 is 9.59 Å². The van der Waals surface area contributed by atoms with Crippen LogP contribution in [-0.4, -0.2) is 18.1 Å². The van der Waals surface area contributed by atoms with Crippen LogP contribution >= 0.6 is 0 Å². The quantitative estimate of drug-likeness (QED) is 0.628. The lowest BCUT2D eigenvalue weighted by atomic mass is 9.73. The largest absolute Gasteiger partial charge is 0.359 e. The number of nitrogens with zero attached hydrogens (tertiary/aromatic N) is 1. The Labute approximate surface area is 135 Å². The van der Waals surface area contributed by atoms with E-state index in [0.717, 1.165) is 11.3 Å². The Hall–Kier alpha value is -2.68. The minimum atomic E-state index is -1.14. The molecule has 0 spiro atoms. The van der Waals surface area contributed by atoms with Gasteiger partial charge in [0.1, 0.15) is 11.2 Å². The van der Waals surface area contributed by atoms with E-state index in [9.17, 15) is 9.59 Å². The molecule has 1 aliphatic heterocycles. The van der Waals surface area contributed by atoms with E-state index in [0.29, 0.717) is 17.7 Å². The summed E-state index contributed by atoms with van der Waals surface area (Å²) in [6, 6.07) is 17.2. The van der Waals surface area contributed by atoms with Gasteiger partial charge >= 0.3 is 0 Å². The molecular weight excluding hydrogens is 286 g/mol. The molecule has 23 heavy (non-hydrogen) atoms.